The largest absolute Gasteiger partial charge is 0.338 e. The lowest BCUT2D eigenvalue weighted by atomic mass is 9.93. The van der Waals surface area contributed by atoms with Crippen LogP contribution >= 0.6 is 0 Å². The Labute approximate surface area is 115 Å². The molecule has 1 fully saturated rings. The van der Waals surface area contributed by atoms with Crippen LogP contribution < -0.4 is 5.73 Å². The van der Waals surface area contributed by atoms with Crippen molar-refractivity contribution in [1.29, 1.82) is 0 Å². The number of nitrogens with two attached hydrogens (primary N) is 1. The van der Waals surface area contributed by atoms with Crippen LogP contribution in [-0.2, 0) is 11.2 Å². The van der Waals surface area contributed by atoms with E-state index in [0.717, 1.165) is 19.4 Å². The van der Waals surface area contributed by atoms with Gasteiger partial charge in [-0.3, -0.25) is 4.79 Å². The van der Waals surface area contributed by atoms with Crippen molar-refractivity contribution in [1.82, 2.24) is 4.90 Å². The fourth-order valence-electron chi connectivity index (χ4n) is 2.89. The minimum atomic E-state index is -0.335. The number of benzene rings is 1. The van der Waals surface area contributed by atoms with Gasteiger partial charge in [0.15, 0.2) is 0 Å². The molecule has 104 valence electrons. The number of carbonyl (C=O) groups is 1. The third-order valence-corrected chi connectivity index (χ3v) is 4.30. The van der Waals surface area contributed by atoms with Gasteiger partial charge in [-0.05, 0) is 37.7 Å². The molecule has 19 heavy (non-hydrogen) atoms. The highest BCUT2D eigenvalue weighted by Crippen LogP contribution is 2.28. The van der Waals surface area contributed by atoms with Gasteiger partial charge < -0.3 is 10.6 Å². The molecule has 1 amide bonds. The summed E-state index contributed by atoms with van der Waals surface area (Å²) >= 11 is 0. The van der Waals surface area contributed by atoms with Gasteiger partial charge in [0.05, 0.1) is 6.04 Å². The molecule has 1 aliphatic heterocycles. The lowest BCUT2D eigenvalue weighted by Gasteiger charge is -2.27. The molecule has 0 radical (unpaired) electrons. The number of likely N-dealkylation sites (tertiary alicyclic amines) is 1. The van der Waals surface area contributed by atoms with Gasteiger partial charge in [0.2, 0.25) is 5.91 Å². The van der Waals surface area contributed by atoms with Crippen molar-refractivity contribution < 1.29 is 4.79 Å². The minimum absolute atomic E-state index is 0.116. The van der Waals surface area contributed by atoms with E-state index in [1.165, 1.54) is 5.56 Å². The number of hydrogen-bond acceptors (Lipinski definition) is 2. The fraction of sp³-hybridized carbons (Fsp3) is 0.562. The second-order valence-corrected chi connectivity index (χ2v) is 5.53. The van der Waals surface area contributed by atoms with E-state index in [-0.39, 0.29) is 11.9 Å². The summed E-state index contributed by atoms with van der Waals surface area (Å²) < 4.78 is 0. The summed E-state index contributed by atoms with van der Waals surface area (Å²) in [5.41, 5.74) is 7.22. The molecule has 1 aromatic rings. The Bertz CT molecular complexity index is 418. The summed E-state index contributed by atoms with van der Waals surface area (Å²) in [5, 5.41) is 0. The van der Waals surface area contributed by atoms with E-state index in [0.29, 0.717) is 18.4 Å². The topological polar surface area (TPSA) is 46.3 Å². The van der Waals surface area contributed by atoms with Crippen LogP contribution in [0, 0.1) is 5.92 Å². The number of rotatable bonds is 4. The third kappa shape index (κ3) is 3.16. The average molecular weight is 260 g/mol. The molecule has 2 unspecified atom stereocenters. The van der Waals surface area contributed by atoms with Gasteiger partial charge in [-0.2, -0.15) is 0 Å². The number of carbonyl (C=O) groups excluding carboxylic acids is 1. The number of amides is 1. The highest BCUT2D eigenvalue weighted by Gasteiger charge is 2.35. The van der Waals surface area contributed by atoms with Crippen LogP contribution in [-0.4, -0.2) is 29.4 Å². The predicted octanol–water partition coefficient (Wildman–Crippen LogP) is 2.20. The lowest BCUT2D eigenvalue weighted by molar-refractivity contribution is -0.133. The Morgan fingerprint density at radius 2 is 2.11 bits per heavy atom. The smallest absolute Gasteiger partial charge is 0.239 e. The van der Waals surface area contributed by atoms with Crippen LogP contribution in [0.1, 0.15) is 32.3 Å². The van der Waals surface area contributed by atoms with Gasteiger partial charge in [-0.25, -0.2) is 0 Å². The first-order valence-electron chi connectivity index (χ1n) is 7.23. The molecule has 3 nitrogen and oxygen atoms in total. The van der Waals surface area contributed by atoms with Gasteiger partial charge in [-0.15, -0.1) is 0 Å². The summed E-state index contributed by atoms with van der Waals surface area (Å²) in [5.74, 6) is 0.668. The lowest BCUT2D eigenvalue weighted by Crippen LogP contribution is -2.45. The Morgan fingerprint density at radius 1 is 1.42 bits per heavy atom. The molecule has 2 N–H and O–H groups in total. The van der Waals surface area contributed by atoms with E-state index >= 15 is 0 Å². The van der Waals surface area contributed by atoms with Crippen molar-refractivity contribution in [2.75, 3.05) is 6.54 Å². The summed E-state index contributed by atoms with van der Waals surface area (Å²) in [6, 6.07) is 10.5. The van der Waals surface area contributed by atoms with E-state index in [1.807, 2.05) is 17.9 Å². The minimum Gasteiger partial charge on any atom is -0.338 e. The molecule has 1 saturated heterocycles. The summed E-state index contributed by atoms with van der Waals surface area (Å²) in [6.45, 7) is 4.97. The molecule has 0 aromatic heterocycles. The maximum atomic E-state index is 12.2. The Morgan fingerprint density at radius 3 is 2.74 bits per heavy atom. The van der Waals surface area contributed by atoms with Crippen molar-refractivity contribution in [2.24, 2.45) is 11.7 Å². The number of hydrogen-bond donors (Lipinski definition) is 1. The van der Waals surface area contributed by atoms with E-state index < -0.39 is 0 Å². The fourth-order valence-corrected chi connectivity index (χ4v) is 2.89. The zero-order valence-electron chi connectivity index (χ0n) is 11.9. The number of nitrogens with zero attached hydrogens (tertiary/aromatic N) is 1. The summed E-state index contributed by atoms with van der Waals surface area (Å²) in [4.78, 5) is 14.2. The van der Waals surface area contributed by atoms with Gasteiger partial charge in [-0.1, -0.05) is 37.3 Å². The van der Waals surface area contributed by atoms with Gasteiger partial charge in [0.1, 0.15) is 0 Å². The quantitative estimate of drug-likeness (QED) is 0.902. The Hall–Kier alpha value is -1.35. The molecule has 0 bridgehead atoms. The van der Waals surface area contributed by atoms with Crippen molar-refractivity contribution in [3.05, 3.63) is 35.9 Å². The zero-order valence-corrected chi connectivity index (χ0v) is 11.9. The first-order valence-corrected chi connectivity index (χ1v) is 7.23. The van der Waals surface area contributed by atoms with Crippen molar-refractivity contribution >= 4 is 5.91 Å². The molecule has 3 heteroatoms. The van der Waals surface area contributed by atoms with E-state index in [1.54, 1.807) is 0 Å². The molecule has 1 aliphatic rings. The summed E-state index contributed by atoms with van der Waals surface area (Å²) in [6.07, 6.45) is 2.84. The van der Waals surface area contributed by atoms with E-state index in [4.69, 9.17) is 5.73 Å². The molecule has 0 aliphatic carbocycles. The highest BCUT2D eigenvalue weighted by molar-refractivity contribution is 5.82. The van der Waals surface area contributed by atoms with Crippen molar-refractivity contribution in [3.8, 4) is 0 Å². The van der Waals surface area contributed by atoms with Crippen LogP contribution in [0.3, 0.4) is 0 Å². The van der Waals surface area contributed by atoms with Crippen LogP contribution in [0.25, 0.3) is 0 Å². The maximum Gasteiger partial charge on any atom is 0.239 e. The Kier molecular flexibility index (Phi) is 4.59. The average Bonchev–Trinajstić information content (AvgIpc) is 2.80. The predicted molar refractivity (Wildman–Crippen MR) is 77.7 cm³/mol. The first kappa shape index (κ1) is 14.1. The second-order valence-electron chi connectivity index (χ2n) is 5.53. The molecule has 0 spiro atoms. The van der Waals surface area contributed by atoms with Crippen molar-refractivity contribution in [2.45, 2.75) is 45.2 Å². The first-order chi connectivity index (χ1) is 9.13. The molecule has 2 rings (SSSR count). The van der Waals surface area contributed by atoms with Crippen LogP contribution in [0.5, 0.6) is 0 Å². The second kappa shape index (κ2) is 6.20. The van der Waals surface area contributed by atoms with Gasteiger partial charge in [0.25, 0.3) is 0 Å². The normalized spacial score (nSPS) is 24.5. The molecule has 0 saturated carbocycles. The molecular formula is C16H24N2O. The summed E-state index contributed by atoms with van der Waals surface area (Å²) in [7, 11) is 0. The zero-order chi connectivity index (χ0) is 13.8. The van der Waals surface area contributed by atoms with Crippen molar-refractivity contribution in [3.63, 3.8) is 0 Å². The van der Waals surface area contributed by atoms with Gasteiger partial charge in [0, 0.05) is 12.6 Å². The van der Waals surface area contributed by atoms with Crippen LogP contribution in [0.15, 0.2) is 30.3 Å². The molecule has 3 atom stereocenters. The highest BCUT2D eigenvalue weighted by atomic mass is 16.2. The van der Waals surface area contributed by atoms with Gasteiger partial charge >= 0.3 is 0 Å². The standard InChI is InChI=1S/C16H24N2O/c1-3-15(17)16(19)18-10-9-14(12(18)2)11-13-7-5-4-6-8-13/h4-8,12,14-15H,3,9-11,17H2,1-2H3/t12?,14?,15-/m0/s1. The third-order valence-electron chi connectivity index (χ3n) is 4.30. The van der Waals surface area contributed by atoms with E-state index in [2.05, 4.69) is 31.2 Å². The van der Waals surface area contributed by atoms with E-state index in [9.17, 15) is 4.79 Å². The monoisotopic (exact) mass is 260 g/mol. The molecule has 1 heterocycles. The molecular weight excluding hydrogens is 236 g/mol. The van der Waals surface area contributed by atoms with Crippen LogP contribution in [0.2, 0.25) is 0 Å². The molecule has 1 aromatic carbocycles. The van der Waals surface area contributed by atoms with Crippen LogP contribution in [0.4, 0.5) is 0 Å². The Balaban J connectivity index is 1.98. The maximum absolute atomic E-state index is 12.2. The SMILES string of the molecule is CC[C@H](N)C(=O)N1CCC(Cc2ccccc2)C1C.